The second-order valence-electron chi connectivity index (χ2n) is 4.80. The molecule has 0 unspecified atom stereocenters. The van der Waals surface area contributed by atoms with Crippen molar-refractivity contribution >= 4 is 5.91 Å². The highest BCUT2D eigenvalue weighted by Crippen LogP contribution is 2.25. The van der Waals surface area contributed by atoms with Crippen molar-refractivity contribution in [3.05, 3.63) is 36.4 Å². The molecule has 0 saturated carbocycles. The number of benzene rings is 1. The number of aromatic hydroxyl groups is 2. The fourth-order valence-corrected chi connectivity index (χ4v) is 1.64. The van der Waals surface area contributed by atoms with Crippen LogP contribution in [0.3, 0.4) is 0 Å². The Kier molecular flexibility index (Phi) is 4.98. The Bertz CT molecular complexity index is 470. The molecule has 1 aromatic carbocycles. The van der Waals surface area contributed by atoms with Crippen LogP contribution in [0, 0.1) is 5.41 Å². The summed E-state index contributed by atoms with van der Waals surface area (Å²) in [5.74, 6) is -0.334. The van der Waals surface area contributed by atoms with E-state index in [9.17, 15) is 15.0 Å². The zero-order valence-corrected chi connectivity index (χ0v) is 11.4. The molecule has 0 spiro atoms. The Morgan fingerprint density at radius 3 is 2.63 bits per heavy atom. The molecule has 104 valence electrons. The van der Waals surface area contributed by atoms with Gasteiger partial charge >= 0.3 is 0 Å². The van der Waals surface area contributed by atoms with Gasteiger partial charge in [-0.2, -0.15) is 0 Å². The number of rotatable bonds is 6. The quantitative estimate of drug-likeness (QED) is 0.545. The van der Waals surface area contributed by atoms with Crippen LogP contribution in [0.1, 0.15) is 25.8 Å². The van der Waals surface area contributed by atoms with Gasteiger partial charge in [-0.05, 0) is 37.5 Å². The number of hydrogen-bond acceptors (Lipinski definition) is 3. The zero-order valence-electron chi connectivity index (χ0n) is 11.4. The van der Waals surface area contributed by atoms with E-state index in [2.05, 4.69) is 11.9 Å². The van der Waals surface area contributed by atoms with Crippen LogP contribution < -0.4 is 5.32 Å². The minimum absolute atomic E-state index is 0.0481. The predicted octanol–water partition coefficient (Wildman–Crippen LogP) is 2.36. The second kappa shape index (κ2) is 6.27. The molecule has 4 nitrogen and oxygen atoms in total. The van der Waals surface area contributed by atoms with Gasteiger partial charge in [0.15, 0.2) is 11.5 Å². The molecule has 3 N–H and O–H groups in total. The lowest BCUT2D eigenvalue weighted by Gasteiger charge is -2.22. The van der Waals surface area contributed by atoms with Crippen molar-refractivity contribution in [1.29, 1.82) is 0 Å². The Morgan fingerprint density at radius 2 is 2.11 bits per heavy atom. The van der Waals surface area contributed by atoms with Gasteiger partial charge in [0.1, 0.15) is 0 Å². The third-order valence-corrected chi connectivity index (χ3v) is 3.44. The summed E-state index contributed by atoms with van der Waals surface area (Å²) < 4.78 is 0. The maximum absolute atomic E-state index is 12.0. The van der Waals surface area contributed by atoms with Crippen molar-refractivity contribution in [1.82, 2.24) is 5.32 Å². The fourth-order valence-electron chi connectivity index (χ4n) is 1.64. The third kappa shape index (κ3) is 3.74. The lowest BCUT2D eigenvalue weighted by Crippen LogP contribution is -2.38. The largest absolute Gasteiger partial charge is 0.504 e. The molecule has 0 aliphatic heterocycles. The first-order valence-corrected chi connectivity index (χ1v) is 6.35. The summed E-state index contributed by atoms with van der Waals surface area (Å²) in [5, 5.41) is 21.4. The van der Waals surface area contributed by atoms with Crippen LogP contribution in [0.4, 0.5) is 0 Å². The van der Waals surface area contributed by atoms with Gasteiger partial charge in [0.25, 0.3) is 0 Å². The Hall–Kier alpha value is -1.97. The molecular weight excluding hydrogens is 242 g/mol. The number of carbonyl (C=O) groups is 1. The number of phenolic OH excluding ortho intramolecular Hbond substituents is 2. The SMILES string of the molecule is C=C[C@@](C)(CC)C(=O)NCCc1ccc(O)c(O)c1. The number of hydrogen-bond donors (Lipinski definition) is 3. The van der Waals surface area contributed by atoms with Crippen molar-refractivity contribution < 1.29 is 15.0 Å². The smallest absolute Gasteiger partial charge is 0.229 e. The first-order valence-electron chi connectivity index (χ1n) is 6.35. The molecule has 1 rings (SSSR count). The molecule has 0 heterocycles. The van der Waals surface area contributed by atoms with Gasteiger partial charge in [0.05, 0.1) is 5.41 Å². The van der Waals surface area contributed by atoms with E-state index in [1.807, 2.05) is 13.8 Å². The summed E-state index contributed by atoms with van der Waals surface area (Å²) >= 11 is 0. The topological polar surface area (TPSA) is 69.6 Å². The van der Waals surface area contributed by atoms with E-state index in [1.165, 1.54) is 12.1 Å². The monoisotopic (exact) mass is 263 g/mol. The molecular formula is C15H21NO3. The number of amides is 1. The summed E-state index contributed by atoms with van der Waals surface area (Å²) in [6.07, 6.45) is 2.95. The molecule has 19 heavy (non-hydrogen) atoms. The number of phenols is 2. The van der Waals surface area contributed by atoms with Crippen LogP contribution in [0.5, 0.6) is 11.5 Å². The van der Waals surface area contributed by atoms with E-state index < -0.39 is 5.41 Å². The van der Waals surface area contributed by atoms with Gasteiger partial charge in [-0.15, -0.1) is 6.58 Å². The highest BCUT2D eigenvalue weighted by atomic mass is 16.3. The lowest BCUT2D eigenvalue weighted by atomic mass is 9.87. The van der Waals surface area contributed by atoms with E-state index in [-0.39, 0.29) is 17.4 Å². The van der Waals surface area contributed by atoms with Crippen molar-refractivity contribution in [3.63, 3.8) is 0 Å². The molecule has 0 aliphatic carbocycles. The van der Waals surface area contributed by atoms with E-state index in [0.717, 1.165) is 5.56 Å². The van der Waals surface area contributed by atoms with Crippen molar-refractivity contribution in [2.75, 3.05) is 6.54 Å². The Balaban J connectivity index is 2.52. The van der Waals surface area contributed by atoms with E-state index in [0.29, 0.717) is 19.4 Å². The van der Waals surface area contributed by atoms with Crippen LogP contribution in [0.15, 0.2) is 30.9 Å². The summed E-state index contributed by atoms with van der Waals surface area (Å²) in [5.41, 5.74) is 0.310. The van der Waals surface area contributed by atoms with Crippen LogP contribution in [0.25, 0.3) is 0 Å². The third-order valence-electron chi connectivity index (χ3n) is 3.44. The molecule has 0 radical (unpaired) electrons. The van der Waals surface area contributed by atoms with Gasteiger partial charge < -0.3 is 15.5 Å². The number of nitrogens with one attached hydrogen (secondary N) is 1. The van der Waals surface area contributed by atoms with Crippen molar-refractivity contribution in [2.45, 2.75) is 26.7 Å². The minimum atomic E-state index is -0.545. The van der Waals surface area contributed by atoms with Crippen LogP contribution >= 0.6 is 0 Å². The molecule has 1 amide bonds. The van der Waals surface area contributed by atoms with E-state index in [4.69, 9.17) is 0 Å². The molecule has 0 fully saturated rings. The van der Waals surface area contributed by atoms with Gasteiger partial charge in [-0.25, -0.2) is 0 Å². The minimum Gasteiger partial charge on any atom is -0.504 e. The van der Waals surface area contributed by atoms with Crippen molar-refractivity contribution in [2.24, 2.45) is 5.41 Å². The Morgan fingerprint density at radius 1 is 1.42 bits per heavy atom. The average Bonchev–Trinajstić information content (AvgIpc) is 2.41. The standard InChI is InChI=1S/C15H21NO3/c1-4-15(3,5-2)14(19)16-9-8-11-6-7-12(17)13(18)10-11/h4,6-7,10,17-18H,1,5,8-9H2,2-3H3,(H,16,19)/t15-/m0/s1. The normalized spacial score (nSPS) is 13.6. The Labute approximate surface area is 113 Å². The van der Waals surface area contributed by atoms with Crippen molar-refractivity contribution in [3.8, 4) is 11.5 Å². The van der Waals surface area contributed by atoms with Gasteiger partial charge in [0, 0.05) is 6.54 Å². The highest BCUT2D eigenvalue weighted by molar-refractivity contribution is 5.84. The fraction of sp³-hybridized carbons (Fsp3) is 0.400. The van der Waals surface area contributed by atoms with Crippen LogP contribution in [0.2, 0.25) is 0 Å². The second-order valence-corrected chi connectivity index (χ2v) is 4.80. The highest BCUT2D eigenvalue weighted by Gasteiger charge is 2.26. The van der Waals surface area contributed by atoms with Gasteiger partial charge in [-0.1, -0.05) is 19.1 Å². The summed E-state index contributed by atoms with van der Waals surface area (Å²) in [4.78, 5) is 12.0. The zero-order chi connectivity index (χ0) is 14.5. The molecule has 4 heteroatoms. The van der Waals surface area contributed by atoms with Crippen LogP contribution in [-0.2, 0) is 11.2 Å². The maximum atomic E-state index is 12.0. The first kappa shape index (κ1) is 15.1. The first-order chi connectivity index (χ1) is 8.92. The molecule has 1 aromatic rings. The molecule has 0 bridgehead atoms. The van der Waals surface area contributed by atoms with Gasteiger partial charge in [-0.3, -0.25) is 4.79 Å². The van der Waals surface area contributed by atoms with E-state index >= 15 is 0 Å². The molecule has 0 saturated heterocycles. The molecule has 0 aromatic heterocycles. The maximum Gasteiger partial charge on any atom is 0.229 e. The summed E-state index contributed by atoms with van der Waals surface area (Å²) in [7, 11) is 0. The average molecular weight is 263 g/mol. The lowest BCUT2D eigenvalue weighted by molar-refractivity contribution is -0.127. The number of carbonyl (C=O) groups excluding carboxylic acids is 1. The van der Waals surface area contributed by atoms with Crippen LogP contribution in [-0.4, -0.2) is 22.7 Å². The predicted molar refractivity (Wildman–Crippen MR) is 75.1 cm³/mol. The molecule has 1 atom stereocenters. The molecule has 0 aliphatic rings. The summed E-state index contributed by atoms with van der Waals surface area (Å²) in [6, 6.07) is 4.65. The van der Waals surface area contributed by atoms with E-state index in [1.54, 1.807) is 12.1 Å². The van der Waals surface area contributed by atoms with Gasteiger partial charge in [0.2, 0.25) is 5.91 Å². The summed E-state index contributed by atoms with van der Waals surface area (Å²) in [6.45, 7) is 7.96.